The Kier molecular flexibility index (Phi) is 5.18. The number of rotatable bonds is 6. The highest BCUT2D eigenvalue weighted by molar-refractivity contribution is 4.93. The third kappa shape index (κ3) is 4.01. The molecule has 1 rings (SSSR count). The van der Waals surface area contributed by atoms with Gasteiger partial charge in [0.1, 0.15) is 0 Å². The Hall–Kier alpha value is -0.160. The number of ether oxygens (including phenoxy) is 2. The second-order valence-electron chi connectivity index (χ2n) is 4.97. The molecular weight excluding hydrogens is 206 g/mol. The van der Waals surface area contributed by atoms with Crippen LogP contribution in [0.3, 0.4) is 0 Å². The van der Waals surface area contributed by atoms with Crippen LogP contribution in [0.25, 0.3) is 0 Å². The van der Waals surface area contributed by atoms with Gasteiger partial charge in [-0.25, -0.2) is 0 Å². The number of methoxy groups -OCH3 is 1. The first kappa shape index (κ1) is 13.9. The zero-order valence-electron chi connectivity index (χ0n) is 10.7. The van der Waals surface area contributed by atoms with Crippen molar-refractivity contribution in [3.63, 3.8) is 0 Å². The molecule has 2 N–H and O–H groups in total. The molecule has 0 aromatic rings. The second kappa shape index (κ2) is 5.96. The molecule has 16 heavy (non-hydrogen) atoms. The van der Waals surface area contributed by atoms with E-state index in [0.717, 1.165) is 13.0 Å². The van der Waals surface area contributed by atoms with Gasteiger partial charge in [-0.3, -0.25) is 0 Å². The average molecular weight is 231 g/mol. The van der Waals surface area contributed by atoms with E-state index in [1.807, 2.05) is 0 Å². The lowest BCUT2D eigenvalue weighted by Gasteiger charge is -2.43. The lowest BCUT2D eigenvalue weighted by molar-refractivity contribution is -0.151. The summed E-state index contributed by atoms with van der Waals surface area (Å²) in [5, 5.41) is 13.7. The monoisotopic (exact) mass is 231 g/mol. The van der Waals surface area contributed by atoms with Gasteiger partial charge in [-0.05, 0) is 13.3 Å². The molecule has 0 aromatic carbocycles. The van der Waals surface area contributed by atoms with Crippen molar-refractivity contribution in [3.05, 3.63) is 0 Å². The summed E-state index contributed by atoms with van der Waals surface area (Å²) in [6.45, 7) is 6.90. The van der Waals surface area contributed by atoms with E-state index in [1.165, 1.54) is 0 Å². The number of hydrogen-bond acceptors (Lipinski definition) is 4. The Morgan fingerprint density at radius 2 is 2.25 bits per heavy atom. The van der Waals surface area contributed by atoms with Crippen LogP contribution in [-0.4, -0.2) is 49.7 Å². The van der Waals surface area contributed by atoms with Crippen molar-refractivity contribution in [3.8, 4) is 0 Å². The molecule has 0 radical (unpaired) electrons. The molecule has 0 saturated carbocycles. The molecule has 0 spiro atoms. The van der Waals surface area contributed by atoms with Crippen LogP contribution in [0.15, 0.2) is 0 Å². The van der Waals surface area contributed by atoms with E-state index in [1.54, 1.807) is 7.11 Å². The SMILES string of the molecule is CCC1(C)CC(O)(CNCCOC)CCO1. The predicted molar refractivity (Wildman–Crippen MR) is 63.6 cm³/mol. The summed E-state index contributed by atoms with van der Waals surface area (Å²) >= 11 is 0. The molecule has 1 aliphatic rings. The van der Waals surface area contributed by atoms with Crippen LogP contribution in [0.2, 0.25) is 0 Å². The summed E-state index contributed by atoms with van der Waals surface area (Å²) in [6.07, 6.45) is 2.35. The Labute approximate surface area is 98.3 Å². The van der Waals surface area contributed by atoms with Crippen molar-refractivity contribution in [2.24, 2.45) is 0 Å². The quantitative estimate of drug-likeness (QED) is 0.668. The first-order valence-electron chi connectivity index (χ1n) is 6.10. The minimum Gasteiger partial charge on any atom is -0.388 e. The molecule has 1 saturated heterocycles. The molecule has 1 aliphatic heterocycles. The van der Waals surface area contributed by atoms with Crippen molar-refractivity contribution in [2.75, 3.05) is 33.4 Å². The van der Waals surface area contributed by atoms with Crippen LogP contribution in [0.5, 0.6) is 0 Å². The Morgan fingerprint density at radius 1 is 1.50 bits per heavy atom. The molecule has 0 amide bonds. The van der Waals surface area contributed by atoms with Gasteiger partial charge in [0, 0.05) is 33.0 Å². The molecule has 0 aromatic heterocycles. The van der Waals surface area contributed by atoms with Crippen LogP contribution in [-0.2, 0) is 9.47 Å². The summed E-state index contributed by atoms with van der Waals surface area (Å²) in [7, 11) is 1.68. The molecule has 2 atom stereocenters. The first-order valence-corrected chi connectivity index (χ1v) is 6.10. The molecule has 96 valence electrons. The van der Waals surface area contributed by atoms with Gasteiger partial charge in [-0.1, -0.05) is 6.92 Å². The van der Waals surface area contributed by atoms with Gasteiger partial charge in [0.25, 0.3) is 0 Å². The third-order valence-corrected chi connectivity index (χ3v) is 3.41. The summed E-state index contributed by atoms with van der Waals surface area (Å²) in [6, 6.07) is 0. The number of hydrogen-bond donors (Lipinski definition) is 2. The Balaban J connectivity index is 2.37. The maximum Gasteiger partial charge on any atom is 0.0820 e. The van der Waals surface area contributed by atoms with Crippen molar-refractivity contribution in [1.82, 2.24) is 5.32 Å². The smallest absolute Gasteiger partial charge is 0.0820 e. The summed E-state index contributed by atoms with van der Waals surface area (Å²) in [5.41, 5.74) is -0.799. The minimum absolute atomic E-state index is 0.171. The highest BCUT2D eigenvalue weighted by Gasteiger charge is 2.40. The predicted octanol–water partition coefficient (Wildman–Crippen LogP) is 0.933. The van der Waals surface area contributed by atoms with Gasteiger partial charge < -0.3 is 19.9 Å². The van der Waals surface area contributed by atoms with Crippen LogP contribution in [0, 0.1) is 0 Å². The van der Waals surface area contributed by atoms with E-state index in [0.29, 0.717) is 32.6 Å². The molecule has 4 nitrogen and oxygen atoms in total. The molecule has 0 bridgehead atoms. The van der Waals surface area contributed by atoms with Crippen LogP contribution in [0.1, 0.15) is 33.1 Å². The molecule has 0 aliphatic carbocycles. The van der Waals surface area contributed by atoms with Gasteiger partial charge in [0.15, 0.2) is 0 Å². The third-order valence-electron chi connectivity index (χ3n) is 3.41. The van der Waals surface area contributed by atoms with Gasteiger partial charge in [-0.15, -0.1) is 0 Å². The highest BCUT2D eigenvalue weighted by Crippen LogP contribution is 2.33. The van der Waals surface area contributed by atoms with Gasteiger partial charge >= 0.3 is 0 Å². The van der Waals surface area contributed by atoms with E-state index in [4.69, 9.17) is 9.47 Å². The summed E-state index contributed by atoms with van der Waals surface area (Å²) < 4.78 is 10.7. The van der Waals surface area contributed by atoms with E-state index in [9.17, 15) is 5.11 Å². The topological polar surface area (TPSA) is 50.7 Å². The largest absolute Gasteiger partial charge is 0.388 e. The fraction of sp³-hybridized carbons (Fsp3) is 1.00. The van der Waals surface area contributed by atoms with Crippen LogP contribution < -0.4 is 5.32 Å². The van der Waals surface area contributed by atoms with Crippen molar-refractivity contribution < 1.29 is 14.6 Å². The van der Waals surface area contributed by atoms with E-state index < -0.39 is 5.60 Å². The van der Waals surface area contributed by atoms with E-state index in [2.05, 4.69) is 19.2 Å². The number of aliphatic hydroxyl groups is 1. The van der Waals surface area contributed by atoms with Crippen molar-refractivity contribution >= 4 is 0 Å². The number of nitrogens with one attached hydrogen (secondary N) is 1. The van der Waals surface area contributed by atoms with Crippen molar-refractivity contribution in [1.29, 1.82) is 0 Å². The fourth-order valence-corrected chi connectivity index (χ4v) is 2.20. The van der Waals surface area contributed by atoms with E-state index in [-0.39, 0.29) is 5.60 Å². The van der Waals surface area contributed by atoms with Gasteiger partial charge in [-0.2, -0.15) is 0 Å². The molecule has 4 heteroatoms. The highest BCUT2D eigenvalue weighted by atomic mass is 16.5. The minimum atomic E-state index is -0.628. The molecule has 1 heterocycles. The Bertz CT molecular complexity index is 212. The maximum atomic E-state index is 10.5. The van der Waals surface area contributed by atoms with Gasteiger partial charge in [0.2, 0.25) is 0 Å². The standard InChI is InChI=1S/C12H25NO3/c1-4-11(2)9-12(14,5-7-16-11)10-13-6-8-15-3/h13-14H,4-10H2,1-3H3. The van der Waals surface area contributed by atoms with Crippen molar-refractivity contribution in [2.45, 2.75) is 44.3 Å². The average Bonchev–Trinajstić information content (AvgIpc) is 2.24. The lowest BCUT2D eigenvalue weighted by Crippen LogP contribution is -2.52. The lowest BCUT2D eigenvalue weighted by atomic mass is 9.82. The van der Waals surface area contributed by atoms with Crippen LogP contribution >= 0.6 is 0 Å². The maximum absolute atomic E-state index is 10.5. The molecule has 1 fully saturated rings. The zero-order chi connectivity index (χ0) is 12.1. The summed E-state index contributed by atoms with van der Waals surface area (Å²) in [4.78, 5) is 0. The Morgan fingerprint density at radius 3 is 2.88 bits per heavy atom. The van der Waals surface area contributed by atoms with Crippen LogP contribution in [0.4, 0.5) is 0 Å². The fourth-order valence-electron chi connectivity index (χ4n) is 2.20. The first-order chi connectivity index (χ1) is 7.54. The van der Waals surface area contributed by atoms with Gasteiger partial charge in [0.05, 0.1) is 24.4 Å². The van der Waals surface area contributed by atoms with E-state index >= 15 is 0 Å². The normalized spacial score (nSPS) is 35.2. The molecule has 2 unspecified atom stereocenters. The zero-order valence-corrected chi connectivity index (χ0v) is 10.7. The molecular formula is C12H25NO3. The summed E-state index contributed by atoms with van der Waals surface area (Å²) in [5.74, 6) is 0. The second-order valence-corrected chi connectivity index (χ2v) is 4.97.